The highest BCUT2D eigenvalue weighted by molar-refractivity contribution is 8.01. The maximum Gasteiger partial charge on any atom is 0.151 e. The summed E-state index contributed by atoms with van der Waals surface area (Å²) in [5.74, 6) is 0. The van der Waals surface area contributed by atoms with Gasteiger partial charge in [0.1, 0.15) is 5.50 Å². The van der Waals surface area contributed by atoms with Crippen LogP contribution in [0.15, 0.2) is 65.5 Å². The molecule has 2 heterocycles. The summed E-state index contributed by atoms with van der Waals surface area (Å²) in [7, 11) is 0. The van der Waals surface area contributed by atoms with Gasteiger partial charge >= 0.3 is 0 Å². The molecule has 26 heavy (non-hydrogen) atoms. The standard InChI is InChI=1S/C18H12Cl3N3S2/c19-12-3-1-11(2-4-12)16(17(21)24-8-7-22-10-24)26-18-23-14-9-13(20)5-6-15(14)25-18/h1-10,16-17H. The Morgan fingerprint density at radius 2 is 1.81 bits per heavy atom. The quantitative estimate of drug-likeness (QED) is 0.245. The number of fused-ring (bicyclic) bond motifs is 1. The number of nitrogens with zero attached hydrogens (tertiary/aromatic N) is 3. The summed E-state index contributed by atoms with van der Waals surface area (Å²) >= 11 is 22.2. The minimum atomic E-state index is -0.320. The Labute approximate surface area is 173 Å². The molecule has 0 aliphatic carbocycles. The second-order valence-electron chi connectivity index (χ2n) is 5.56. The molecular weight excluding hydrogens is 429 g/mol. The highest BCUT2D eigenvalue weighted by atomic mass is 35.5. The van der Waals surface area contributed by atoms with Gasteiger partial charge in [-0.3, -0.25) is 0 Å². The smallest absolute Gasteiger partial charge is 0.151 e. The first-order valence-electron chi connectivity index (χ1n) is 7.70. The third-order valence-electron chi connectivity index (χ3n) is 3.82. The van der Waals surface area contributed by atoms with Crippen molar-refractivity contribution in [2.75, 3.05) is 0 Å². The van der Waals surface area contributed by atoms with E-state index in [1.165, 1.54) is 0 Å². The van der Waals surface area contributed by atoms with E-state index in [9.17, 15) is 0 Å². The SMILES string of the molecule is Clc1ccc(C(Sc2nc3cc(Cl)ccc3s2)C(Cl)n2ccnc2)cc1. The fourth-order valence-electron chi connectivity index (χ4n) is 2.55. The number of rotatable bonds is 5. The number of thiazole rings is 1. The maximum absolute atomic E-state index is 6.79. The molecule has 2 aromatic carbocycles. The molecule has 0 bridgehead atoms. The maximum atomic E-state index is 6.79. The Kier molecular flexibility index (Phi) is 5.43. The summed E-state index contributed by atoms with van der Waals surface area (Å²) in [5, 5.41) is 1.32. The van der Waals surface area contributed by atoms with E-state index in [2.05, 4.69) is 4.98 Å². The first-order chi connectivity index (χ1) is 12.6. The average Bonchev–Trinajstić information content (AvgIpc) is 3.29. The monoisotopic (exact) mass is 439 g/mol. The van der Waals surface area contributed by atoms with Gasteiger partial charge in [0.25, 0.3) is 0 Å². The van der Waals surface area contributed by atoms with Crippen LogP contribution in [0.3, 0.4) is 0 Å². The summed E-state index contributed by atoms with van der Waals surface area (Å²) in [6.07, 6.45) is 5.30. The normalized spacial score (nSPS) is 13.8. The molecule has 0 radical (unpaired) electrons. The van der Waals surface area contributed by atoms with Crippen molar-refractivity contribution in [3.8, 4) is 0 Å². The van der Waals surface area contributed by atoms with E-state index in [0.29, 0.717) is 10.0 Å². The van der Waals surface area contributed by atoms with Gasteiger partial charge in [-0.2, -0.15) is 0 Å². The molecular formula is C18H12Cl3N3S2. The molecule has 3 nitrogen and oxygen atoms in total. The minimum Gasteiger partial charge on any atom is -0.319 e. The van der Waals surface area contributed by atoms with Crippen molar-refractivity contribution < 1.29 is 0 Å². The lowest BCUT2D eigenvalue weighted by atomic mass is 10.1. The molecule has 0 N–H and O–H groups in total. The summed E-state index contributed by atoms with van der Waals surface area (Å²) in [4.78, 5) is 8.81. The Balaban J connectivity index is 1.70. The highest BCUT2D eigenvalue weighted by Gasteiger charge is 2.25. The van der Waals surface area contributed by atoms with Crippen LogP contribution in [-0.4, -0.2) is 14.5 Å². The molecule has 0 amide bonds. The number of imidazole rings is 1. The van der Waals surface area contributed by atoms with Crippen LogP contribution >= 0.6 is 57.9 Å². The molecule has 132 valence electrons. The van der Waals surface area contributed by atoms with E-state index in [-0.39, 0.29) is 10.8 Å². The molecule has 2 atom stereocenters. The molecule has 0 fully saturated rings. The first-order valence-corrected chi connectivity index (χ1v) is 10.6. The van der Waals surface area contributed by atoms with Crippen LogP contribution in [-0.2, 0) is 0 Å². The van der Waals surface area contributed by atoms with Crippen molar-refractivity contribution in [2.24, 2.45) is 0 Å². The number of alkyl halides is 1. The molecule has 4 aromatic rings. The molecule has 2 unspecified atom stereocenters. The van der Waals surface area contributed by atoms with Gasteiger partial charge in [0, 0.05) is 22.4 Å². The second kappa shape index (κ2) is 7.79. The van der Waals surface area contributed by atoms with Crippen LogP contribution in [0.25, 0.3) is 10.2 Å². The topological polar surface area (TPSA) is 30.7 Å². The fraction of sp³-hybridized carbons (Fsp3) is 0.111. The third-order valence-corrected chi connectivity index (χ3v) is 7.38. The van der Waals surface area contributed by atoms with E-state index >= 15 is 0 Å². The number of thioether (sulfide) groups is 1. The number of benzene rings is 2. The van der Waals surface area contributed by atoms with Crippen molar-refractivity contribution in [1.29, 1.82) is 0 Å². The lowest BCUT2D eigenvalue weighted by Crippen LogP contribution is -2.09. The van der Waals surface area contributed by atoms with Gasteiger partial charge in [0.2, 0.25) is 0 Å². The van der Waals surface area contributed by atoms with E-state index in [1.54, 1.807) is 35.6 Å². The van der Waals surface area contributed by atoms with Gasteiger partial charge in [0.15, 0.2) is 4.34 Å². The van der Waals surface area contributed by atoms with E-state index in [0.717, 1.165) is 20.1 Å². The Hall–Kier alpha value is -1.24. The zero-order valence-electron chi connectivity index (χ0n) is 13.2. The third kappa shape index (κ3) is 3.87. The van der Waals surface area contributed by atoms with E-state index in [1.807, 2.05) is 53.2 Å². The van der Waals surface area contributed by atoms with Crippen LogP contribution in [0.4, 0.5) is 0 Å². The molecule has 0 saturated carbocycles. The summed E-state index contributed by atoms with van der Waals surface area (Å²) < 4.78 is 3.92. The van der Waals surface area contributed by atoms with Crippen molar-refractivity contribution in [3.63, 3.8) is 0 Å². The minimum absolute atomic E-state index is 0.0563. The fourth-order valence-corrected chi connectivity index (χ4v) is 5.62. The molecule has 2 aromatic heterocycles. The Morgan fingerprint density at radius 1 is 1.04 bits per heavy atom. The van der Waals surface area contributed by atoms with Gasteiger partial charge in [-0.1, -0.05) is 58.7 Å². The zero-order chi connectivity index (χ0) is 18.1. The van der Waals surface area contributed by atoms with Gasteiger partial charge in [-0.15, -0.1) is 11.3 Å². The number of aromatic nitrogens is 3. The Morgan fingerprint density at radius 3 is 2.54 bits per heavy atom. The predicted molar refractivity (Wildman–Crippen MR) is 112 cm³/mol. The van der Waals surface area contributed by atoms with Crippen LogP contribution < -0.4 is 0 Å². The van der Waals surface area contributed by atoms with Crippen molar-refractivity contribution >= 4 is 68.1 Å². The van der Waals surface area contributed by atoms with Crippen molar-refractivity contribution in [1.82, 2.24) is 14.5 Å². The van der Waals surface area contributed by atoms with E-state index in [4.69, 9.17) is 39.8 Å². The molecule has 0 aliphatic heterocycles. The lowest BCUT2D eigenvalue weighted by Gasteiger charge is -2.22. The number of halogens is 3. The largest absolute Gasteiger partial charge is 0.319 e. The van der Waals surface area contributed by atoms with Crippen molar-refractivity contribution in [3.05, 3.63) is 76.8 Å². The molecule has 0 saturated heterocycles. The molecule has 4 rings (SSSR count). The van der Waals surface area contributed by atoms with Gasteiger partial charge in [-0.25, -0.2) is 9.97 Å². The average molecular weight is 441 g/mol. The first kappa shape index (κ1) is 18.1. The highest BCUT2D eigenvalue weighted by Crippen LogP contribution is 2.47. The molecule has 0 spiro atoms. The van der Waals surface area contributed by atoms with Crippen LogP contribution in [0.5, 0.6) is 0 Å². The van der Waals surface area contributed by atoms with Gasteiger partial charge in [0.05, 0.1) is 21.8 Å². The van der Waals surface area contributed by atoms with E-state index < -0.39 is 0 Å². The number of hydrogen-bond acceptors (Lipinski definition) is 4. The van der Waals surface area contributed by atoms with Gasteiger partial charge < -0.3 is 4.57 Å². The van der Waals surface area contributed by atoms with Crippen LogP contribution in [0.2, 0.25) is 10.0 Å². The summed E-state index contributed by atoms with van der Waals surface area (Å²) in [6.45, 7) is 0. The molecule has 8 heteroatoms. The van der Waals surface area contributed by atoms with Crippen LogP contribution in [0, 0.1) is 0 Å². The summed E-state index contributed by atoms with van der Waals surface area (Å²) in [6, 6.07) is 13.5. The lowest BCUT2D eigenvalue weighted by molar-refractivity contribution is 0.651. The summed E-state index contributed by atoms with van der Waals surface area (Å²) in [5.41, 5.74) is 1.65. The zero-order valence-corrected chi connectivity index (χ0v) is 17.1. The molecule has 0 aliphatic rings. The Bertz CT molecular complexity index is 1020. The second-order valence-corrected chi connectivity index (χ2v) is 9.30. The van der Waals surface area contributed by atoms with Crippen LogP contribution in [0.1, 0.15) is 16.3 Å². The van der Waals surface area contributed by atoms with Crippen molar-refractivity contribution in [2.45, 2.75) is 15.1 Å². The van der Waals surface area contributed by atoms with Gasteiger partial charge in [-0.05, 0) is 35.9 Å². The number of hydrogen-bond donors (Lipinski definition) is 0. The predicted octanol–water partition coefficient (Wildman–Crippen LogP) is 7.07.